The molecule has 0 radical (unpaired) electrons. The Morgan fingerprint density at radius 1 is 1.25 bits per heavy atom. The van der Waals surface area contributed by atoms with Gasteiger partial charge in [-0.3, -0.25) is 9.79 Å². The standard InChI is InChI=1S/C21H24Br2N4O/c22-13-10-15-17(6-9-26-21(15)16(23)11-13)24-7-3-8-25-20-12-19(28)14-4-1-2-5-18(14)27-20/h1-2,4-5,11-13,15,17,24H,3,6-10H2,(H2,25,27,28). The molecular weight excluding hydrogens is 484 g/mol. The Hall–Kier alpha value is -1.44. The summed E-state index contributed by atoms with van der Waals surface area (Å²) in [6.07, 6.45) is 5.35. The molecule has 0 amide bonds. The number of halogens is 2. The van der Waals surface area contributed by atoms with Gasteiger partial charge >= 0.3 is 0 Å². The summed E-state index contributed by atoms with van der Waals surface area (Å²) >= 11 is 7.41. The number of hydrogen-bond acceptors (Lipinski definition) is 4. The van der Waals surface area contributed by atoms with Crippen molar-refractivity contribution >= 4 is 54.3 Å². The zero-order chi connectivity index (χ0) is 19.5. The van der Waals surface area contributed by atoms with Gasteiger partial charge in [-0.2, -0.15) is 0 Å². The number of hydrogen-bond donors (Lipinski definition) is 3. The number of benzene rings is 1. The summed E-state index contributed by atoms with van der Waals surface area (Å²) < 4.78 is 1.14. The average Bonchev–Trinajstić information content (AvgIpc) is 2.68. The number of anilines is 1. The van der Waals surface area contributed by atoms with E-state index in [0.29, 0.717) is 16.8 Å². The number of para-hydroxylation sites is 1. The fourth-order valence-corrected chi connectivity index (χ4v) is 5.81. The van der Waals surface area contributed by atoms with Crippen molar-refractivity contribution in [1.29, 1.82) is 0 Å². The molecule has 5 nitrogen and oxygen atoms in total. The van der Waals surface area contributed by atoms with Crippen molar-refractivity contribution in [2.45, 2.75) is 30.1 Å². The first kappa shape index (κ1) is 19.9. The first-order valence-corrected chi connectivity index (χ1v) is 11.5. The van der Waals surface area contributed by atoms with E-state index in [0.717, 1.165) is 60.1 Å². The van der Waals surface area contributed by atoms with Crippen LogP contribution in [-0.4, -0.2) is 41.2 Å². The topological polar surface area (TPSA) is 69.3 Å². The SMILES string of the molecule is O=c1cc(NCCCNC2CCN=C3C(Br)=CC(Br)CC32)[nH]c2ccccc12. The Labute approximate surface area is 181 Å². The number of aromatic nitrogens is 1. The summed E-state index contributed by atoms with van der Waals surface area (Å²) in [5, 5.41) is 7.79. The smallest absolute Gasteiger partial charge is 0.191 e. The van der Waals surface area contributed by atoms with E-state index < -0.39 is 0 Å². The summed E-state index contributed by atoms with van der Waals surface area (Å²) in [4.78, 5) is 20.6. The van der Waals surface area contributed by atoms with Crippen molar-refractivity contribution in [1.82, 2.24) is 10.3 Å². The minimum absolute atomic E-state index is 0.0456. The van der Waals surface area contributed by atoms with Crippen LogP contribution in [0.5, 0.6) is 0 Å². The zero-order valence-electron chi connectivity index (χ0n) is 15.6. The molecule has 1 aromatic carbocycles. The molecule has 28 heavy (non-hydrogen) atoms. The average molecular weight is 508 g/mol. The lowest BCUT2D eigenvalue weighted by atomic mass is 9.82. The number of pyridine rings is 1. The molecule has 2 aromatic rings. The number of alkyl halides is 1. The fraction of sp³-hybridized carbons (Fsp3) is 0.429. The molecule has 2 heterocycles. The van der Waals surface area contributed by atoms with Crippen molar-refractivity contribution in [2.24, 2.45) is 10.9 Å². The molecule has 1 aromatic heterocycles. The molecule has 0 spiro atoms. The normalized spacial score (nSPS) is 24.4. The molecule has 0 bridgehead atoms. The van der Waals surface area contributed by atoms with Gasteiger partial charge in [-0.1, -0.05) is 34.1 Å². The lowest BCUT2D eigenvalue weighted by Gasteiger charge is -2.36. The first-order chi connectivity index (χ1) is 13.6. The summed E-state index contributed by atoms with van der Waals surface area (Å²) in [7, 11) is 0. The highest BCUT2D eigenvalue weighted by molar-refractivity contribution is 9.12. The Balaban J connectivity index is 1.28. The second-order valence-electron chi connectivity index (χ2n) is 7.36. The van der Waals surface area contributed by atoms with E-state index >= 15 is 0 Å². The van der Waals surface area contributed by atoms with Crippen molar-refractivity contribution in [3.63, 3.8) is 0 Å². The van der Waals surface area contributed by atoms with Crippen LogP contribution in [0.3, 0.4) is 0 Å². The molecule has 3 N–H and O–H groups in total. The van der Waals surface area contributed by atoms with Crippen molar-refractivity contribution in [2.75, 3.05) is 25.0 Å². The van der Waals surface area contributed by atoms with Crippen molar-refractivity contribution in [3.8, 4) is 0 Å². The monoisotopic (exact) mass is 506 g/mol. The number of aromatic amines is 1. The Kier molecular flexibility index (Phi) is 6.33. The van der Waals surface area contributed by atoms with E-state index in [4.69, 9.17) is 4.99 Å². The van der Waals surface area contributed by atoms with Gasteiger partial charge in [-0.05, 0) is 53.9 Å². The number of aliphatic imine (C=N–C) groups is 1. The Bertz CT molecular complexity index is 968. The van der Waals surface area contributed by atoms with Crippen LogP contribution in [0.4, 0.5) is 5.82 Å². The molecule has 0 saturated carbocycles. The van der Waals surface area contributed by atoms with Gasteiger partial charge in [0.15, 0.2) is 5.43 Å². The molecule has 0 fully saturated rings. The van der Waals surface area contributed by atoms with Crippen LogP contribution in [0, 0.1) is 5.92 Å². The second kappa shape index (κ2) is 8.93. The molecule has 148 valence electrons. The van der Waals surface area contributed by atoms with Crippen LogP contribution in [0.1, 0.15) is 19.3 Å². The largest absolute Gasteiger partial charge is 0.371 e. The predicted octanol–water partition coefficient (Wildman–Crippen LogP) is 4.20. The highest BCUT2D eigenvalue weighted by atomic mass is 79.9. The number of rotatable bonds is 6. The van der Waals surface area contributed by atoms with E-state index in [1.54, 1.807) is 6.07 Å². The minimum atomic E-state index is 0.0456. The van der Waals surface area contributed by atoms with Crippen molar-refractivity contribution in [3.05, 3.63) is 51.1 Å². The maximum Gasteiger partial charge on any atom is 0.191 e. The molecule has 2 aliphatic rings. The van der Waals surface area contributed by atoms with Gasteiger partial charge in [0.05, 0.1) is 11.2 Å². The van der Waals surface area contributed by atoms with Crippen LogP contribution in [-0.2, 0) is 0 Å². The summed E-state index contributed by atoms with van der Waals surface area (Å²) in [6, 6.07) is 9.70. The quantitative estimate of drug-likeness (QED) is 0.405. The molecule has 0 saturated heterocycles. The van der Waals surface area contributed by atoms with Gasteiger partial charge in [0, 0.05) is 45.8 Å². The third-order valence-corrected chi connectivity index (χ3v) is 6.73. The Morgan fingerprint density at radius 2 is 2.11 bits per heavy atom. The van der Waals surface area contributed by atoms with Gasteiger partial charge in [-0.25, -0.2) is 0 Å². The Morgan fingerprint density at radius 3 is 3.00 bits per heavy atom. The molecule has 7 heteroatoms. The van der Waals surface area contributed by atoms with Gasteiger partial charge in [-0.15, -0.1) is 0 Å². The molecule has 3 atom stereocenters. The maximum absolute atomic E-state index is 12.2. The summed E-state index contributed by atoms with van der Waals surface area (Å²) in [5.74, 6) is 1.24. The van der Waals surface area contributed by atoms with Crippen molar-refractivity contribution < 1.29 is 0 Å². The number of nitrogens with zero attached hydrogens (tertiary/aromatic N) is 1. The molecule has 1 aliphatic carbocycles. The lowest BCUT2D eigenvalue weighted by molar-refractivity contribution is 0.378. The first-order valence-electron chi connectivity index (χ1n) is 9.77. The minimum Gasteiger partial charge on any atom is -0.371 e. The maximum atomic E-state index is 12.2. The van der Waals surface area contributed by atoms with E-state index in [1.165, 1.54) is 5.71 Å². The molecule has 3 unspecified atom stereocenters. The van der Waals surface area contributed by atoms with Crippen LogP contribution >= 0.6 is 31.9 Å². The number of H-pyrrole nitrogens is 1. The zero-order valence-corrected chi connectivity index (χ0v) is 18.7. The number of fused-ring (bicyclic) bond motifs is 2. The van der Waals surface area contributed by atoms with E-state index in [1.807, 2.05) is 24.3 Å². The van der Waals surface area contributed by atoms with Gasteiger partial charge < -0.3 is 15.6 Å². The van der Waals surface area contributed by atoms with Crippen LogP contribution in [0.15, 0.2) is 50.7 Å². The highest BCUT2D eigenvalue weighted by Crippen LogP contribution is 2.34. The molecule has 4 rings (SSSR count). The molecule has 1 aliphatic heterocycles. The van der Waals surface area contributed by atoms with Gasteiger partial charge in [0.1, 0.15) is 5.82 Å². The van der Waals surface area contributed by atoms with E-state index in [2.05, 4.69) is 53.6 Å². The summed E-state index contributed by atoms with van der Waals surface area (Å²) in [6.45, 7) is 2.63. The predicted molar refractivity (Wildman–Crippen MR) is 124 cm³/mol. The van der Waals surface area contributed by atoms with Crippen LogP contribution < -0.4 is 16.1 Å². The van der Waals surface area contributed by atoms with E-state index in [-0.39, 0.29) is 5.43 Å². The third kappa shape index (κ3) is 4.42. The summed E-state index contributed by atoms with van der Waals surface area (Å²) in [5.41, 5.74) is 2.13. The fourth-order valence-electron chi connectivity index (χ4n) is 4.05. The lowest BCUT2D eigenvalue weighted by Crippen LogP contribution is -2.46. The van der Waals surface area contributed by atoms with Gasteiger partial charge in [0.25, 0.3) is 0 Å². The third-order valence-electron chi connectivity index (χ3n) is 5.42. The van der Waals surface area contributed by atoms with Crippen LogP contribution in [0.2, 0.25) is 0 Å². The number of allylic oxidation sites excluding steroid dienone is 2. The molecular formula is C21H24Br2N4O. The number of nitrogens with one attached hydrogen (secondary N) is 3. The second-order valence-corrected chi connectivity index (χ2v) is 9.39. The van der Waals surface area contributed by atoms with E-state index in [9.17, 15) is 4.79 Å². The highest BCUT2D eigenvalue weighted by Gasteiger charge is 2.34. The van der Waals surface area contributed by atoms with Gasteiger partial charge in [0.2, 0.25) is 0 Å². The van der Waals surface area contributed by atoms with Crippen LogP contribution in [0.25, 0.3) is 10.9 Å².